The van der Waals surface area contributed by atoms with E-state index in [1.54, 1.807) is 12.1 Å². The number of carbonyl (C=O) groups is 1. The van der Waals surface area contributed by atoms with E-state index in [0.717, 1.165) is 12.1 Å². The molecule has 0 atom stereocenters. The lowest BCUT2D eigenvalue weighted by Gasteiger charge is -2.15. The molecule has 21 heavy (non-hydrogen) atoms. The van der Waals surface area contributed by atoms with E-state index in [1.807, 2.05) is 0 Å². The number of nitro groups is 1. The van der Waals surface area contributed by atoms with Gasteiger partial charge in [0.15, 0.2) is 4.67 Å². The van der Waals surface area contributed by atoms with E-state index in [1.165, 1.54) is 18.0 Å². The number of amides is 1. The van der Waals surface area contributed by atoms with Gasteiger partial charge in [0.25, 0.3) is 5.91 Å². The molecule has 1 aromatic heterocycles. The highest BCUT2D eigenvalue weighted by Crippen LogP contribution is 2.20. The molecule has 0 bridgehead atoms. The van der Waals surface area contributed by atoms with Crippen molar-refractivity contribution >= 4 is 27.5 Å². The first-order chi connectivity index (χ1) is 9.88. The summed E-state index contributed by atoms with van der Waals surface area (Å²) in [4.78, 5) is 23.1. The summed E-state index contributed by atoms with van der Waals surface area (Å²) in [7, 11) is 1.53. The molecule has 1 amide bonds. The van der Waals surface area contributed by atoms with Crippen LogP contribution < -0.4 is 0 Å². The van der Waals surface area contributed by atoms with E-state index in [0.29, 0.717) is 10.4 Å². The minimum atomic E-state index is -1.04. The first-order valence-corrected chi connectivity index (χ1v) is 6.61. The Balaban J connectivity index is 2.15. The molecule has 0 saturated carbocycles. The first-order valence-electron chi connectivity index (χ1n) is 5.82. The monoisotopic (exact) mass is 356 g/mol. The van der Waals surface area contributed by atoms with Gasteiger partial charge in [-0.25, -0.2) is 0 Å². The maximum atomic E-state index is 13.5. The third kappa shape index (κ3) is 3.46. The predicted octanol–water partition coefficient (Wildman–Crippen LogP) is 3.36. The van der Waals surface area contributed by atoms with Crippen molar-refractivity contribution in [2.45, 2.75) is 6.54 Å². The lowest BCUT2D eigenvalue weighted by molar-refractivity contribution is -0.387. The molecular weight excluding hydrogens is 347 g/mol. The van der Waals surface area contributed by atoms with Gasteiger partial charge in [0.1, 0.15) is 5.76 Å². The predicted molar refractivity (Wildman–Crippen MR) is 75.3 cm³/mol. The molecule has 0 spiro atoms. The molecule has 2 rings (SSSR count). The molecule has 0 N–H and O–H groups in total. The number of rotatable bonds is 4. The summed E-state index contributed by atoms with van der Waals surface area (Å²) >= 11 is 3.15. The number of halogens is 2. The number of hydrogen-bond acceptors (Lipinski definition) is 4. The van der Waals surface area contributed by atoms with Gasteiger partial charge in [0.05, 0.1) is 11.5 Å². The second kappa shape index (κ2) is 6.04. The van der Waals surface area contributed by atoms with E-state index < -0.39 is 22.3 Å². The fourth-order valence-corrected chi connectivity index (χ4v) is 2.09. The van der Waals surface area contributed by atoms with Crippen LogP contribution >= 0.6 is 15.9 Å². The van der Waals surface area contributed by atoms with Gasteiger partial charge in [-0.15, -0.1) is 0 Å². The summed E-state index contributed by atoms with van der Waals surface area (Å²) < 4.78 is 19.3. The molecule has 8 heteroatoms. The summed E-state index contributed by atoms with van der Waals surface area (Å²) in [5.74, 6) is -0.948. The number of hydrogen-bond donors (Lipinski definition) is 0. The number of benzene rings is 1. The smallest absolute Gasteiger partial charge is 0.304 e. The van der Waals surface area contributed by atoms with Crippen molar-refractivity contribution in [3.8, 4) is 0 Å². The van der Waals surface area contributed by atoms with Crippen molar-refractivity contribution in [2.75, 3.05) is 7.05 Å². The SMILES string of the molecule is CN(Cc1ccc(Br)o1)C(=O)c1ccc([N+](=O)[O-])c(F)c1. The van der Waals surface area contributed by atoms with E-state index in [4.69, 9.17) is 4.42 Å². The number of carbonyl (C=O) groups excluding carboxylic acids is 1. The number of furan rings is 1. The number of nitrogens with zero attached hydrogens (tertiary/aromatic N) is 2. The summed E-state index contributed by atoms with van der Waals surface area (Å²) in [5, 5.41) is 10.5. The third-order valence-corrected chi connectivity index (χ3v) is 3.19. The highest BCUT2D eigenvalue weighted by atomic mass is 79.9. The Hall–Kier alpha value is -2.22. The van der Waals surface area contributed by atoms with Crippen molar-refractivity contribution in [3.05, 3.63) is 62.3 Å². The zero-order valence-corrected chi connectivity index (χ0v) is 12.5. The molecule has 0 aliphatic carbocycles. The normalized spacial score (nSPS) is 10.4. The molecule has 0 unspecified atom stereocenters. The van der Waals surface area contributed by atoms with Gasteiger partial charge < -0.3 is 9.32 Å². The number of nitro benzene ring substituents is 1. The molecule has 2 aromatic rings. The molecule has 0 aliphatic rings. The van der Waals surface area contributed by atoms with Gasteiger partial charge in [0, 0.05) is 18.7 Å². The van der Waals surface area contributed by atoms with Crippen molar-refractivity contribution < 1.29 is 18.5 Å². The van der Waals surface area contributed by atoms with Gasteiger partial charge in [0.2, 0.25) is 5.82 Å². The molecular formula is C13H10BrFN2O4. The second-order valence-corrected chi connectivity index (χ2v) is 5.07. The Labute approximate surface area is 127 Å². The maximum absolute atomic E-state index is 13.5. The molecule has 0 aliphatic heterocycles. The average Bonchev–Trinajstić information content (AvgIpc) is 2.82. The topological polar surface area (TPSA) is 76.6 Å². The summed E-state index contributed by atoms with van der Waals surface area (Å²) in [6.45, 7) is 0.197. The zero-order valence-electron chi connectivity index (χ0n) is 10.9. The maximum Gasteiger partial charge on any atom is 0.304 e. The van der Waals surface area contributed by atoms with Gasteiger partial charge in [-0.05, 0) is 40.2 Å². The Morgan fingerprint density at radius 1 is 1.43 bits per heavy atom. The third-order valence-electron chi connectivity index (χ3n) is 2.76. The van der Waals surface area contributed by atoms with Crippen LogP contribution in [-0.4, -0.2) is 22.8 Å². The van der Waals surface area contributed by atoms with Crippen LogP contribution in [0, 0.1) is 15.9 Å². The van der Waals surface area contributed by atoms with Crippen LogP contribution in [-0.2, 0) is 6.54 Å². The van der Waals surface area contributed by atoms with E-state index in [2.05, 4.69) is 15.9 Å². The van der Waals surface area contributed by atoms with Gasteiger partial charge in [-0.2, -0.15) is 4.39 Å². The highest BCUT2D eigenvalue weighted by Gasteiger charge is 2.19. The summed E-state index contributed by atoms with van der Waals surface area (Å²) in [6.07, 6.45) is 0. The van der Waals surface area contributed by atoms with Gasteiger partial charge in [-0.3, -0.25) is 14.9 Å². The van der Waals surface area contributed by atoms with Gasteiger partial charge >= 0.3 is 5.69 Å². The lowest BCUT2D eigenvalue weighted by atomic mass is 10.1. The van der Waals surface area contributed by atoms with Crippen molar-refractivity contribution in [3.63, 3.8) is 0 Å². The van der Waals surface area contributed by atoms with Gasteiger partial charge in [-0.1, -0.05) is 0 Å². The summed E-state index contributed by atoms with van der Waals surface area (Å²) in [6, 6.07) is 6.44. The standard InChI is InChI=1S/C13H10BrFN2O4/c1-16(7-9-3-5-12(14)21-9)13(18)8-2-4-11(17(19)20)10(15)6-8/h2-6H,7H2,1H3. The van der Waals surface area contributed by atoms with Crippen LogP contribution in [0.1, 0.15) is 16.1 Å². The van der Waals surface area contributed by atoms with Crippen LogP contribution in [0.4, 0.5) is 10.1 Å². The fraction of sp³-hybridized carbons (Fsp3) is 0.154. The van der Waals surface area contributed by atoms with Crippen molar-refractivity contribution in [1.29, 1.82) is 0 Å². The van der Waals surface area contributed by atoms with E-state index in [-0.39, 0.29) is 12.1 Å². The highest BCUT2D eigenvalue weighted by molar-refractivity contribution is 9.10. The van der Waals surface area contributed by atoms with Crippen LogP contribution in [0.15, 0.2) is 39.4 Å². The van der Waals surface area contributed by atoms with Crippen molar-refractivity contribution in [2.24, 2.45) is 0 Å². The first kappa shape index (κ1) is 15.2. The van der Waals surface area contributed by atoms with Crippen LogP contribution in [0.3, 0.4) is 0 Å². The quantitative estimate of drug-likeness (QED) is 0.621. The minimum absolute atomic E-state index is 0.0335. The zero-order chi connectivity index (χ0) is 15.6. The van der Waals surface area contributed by atoms with Crippen LogP contribution in [0.2, 0.25) is 0 Å². The molecule has 1 aromatic carbocycles. The van der Waals surface area contributed by atoms with Crippen molar-refractivity contribution in [1.82, 2.24) is 4.90 Å². The van der Waals surface area contributed by atoms with Crippen LogP contribution in [0.25, 0.3) is 0 Å². The Morgan fingerprint density at radius 2 is 2.14 bits per heavy atom. The van der Waals surface area contributed by atoms with E-state index >= 15 is 0 Å². The average molecular weight is 357 g/mol. The Bertz CT molecular complexity index is 701. The van der Waals surface area contributed by atoms with E-state index in [9.17, 15) is 19.3 Å². The Morgan fingerprint density at radius 3 is 2.67 bits per heavy atom. The lowest BCUT2D eigenvalue weighted by Crippen LogP contribution is -2.26. The molecule has 0 radical (unpaired) electrons. The minimum Gasteiger partial charge on any atom is -0.452 e. The molecule has 0 saturated heterocycles. The second-order valence-electron chi connectivity index (χ2n) is 4.29. The molecule has 110 valence electrons. The molecule has 6 nitrogen and oxygen atoms in total. The largest absolute Gasteiger partial charge is 0.452 e. The molecule has 0 fully saturated rings. The fourth-order valence-electron chi connectivity index (χ4n) is 1.75. The van der Waals surface area contributed by atoms with Crippen LogP contribution in [0.5, 0.6) is 0 Å². The molecule has 1 heterocycles. The summed E-state index contributed by atoms with van der Waals surface area (Å²) in [5.41, 5.74) is -0.629. The Kier molecular flexibility index (Phi) is 4.37.